The van der Waals surface area contributed by atoms with Crippen LogP contribution in [0.15, 0.2) is 113 Å². The first-order chi connectivity index (χ1) is 19.1. The minimum atomic E-state index is -0.338. The number of carbonyl (C=O) groups is 1. The molecule has 3 heterocycles. The number of ether oxygens (including phenoxy) is 1. The van der Waals surface area contributed by atoms with Crippen LogP contribution in [0.1, 0.15) is 18.2 Å². The van der Waals surface area contributed by atoms with E-state index in [-0.39, 0.29) is 5.97 Å². The topological polar surface area (TPSA) is 83.0 Å². The van der Waals surface area contributed by atoms with E-state index < -0.39 is 0 Å². The lowest BCUT2D eigenvalue weighted by Crippen LogP contribution is -2.04. The van der Waals surface area contributed by atoms with Gasteiger partial charge in [0.15, 0.2) is 11.0 Å². The number of pyridine rings is 1. The van der Waals surface area contributed by atoms with Gasteiger partial charge in [0.25, 0.3) is 0 Å². The molecule has 0 aliphatic rings. The molecule has 0 fully saturated rings. The normalized spacial score (nSPS) is 11.1. The van der Waals surface area contributed by atoms with Gasteiger partial charge in [0, 0.05) is 29.2 Å². The lowest BCUT2D eigenvalue weighted by Gasteiger charge is -2.12. The summed E-state index contributed by atoms with van der Waals surface area (Å²) in [5, 5.41) is 11.0. The van der Waals surface area contributed by atoms with Crippen molar-refractivity contribution in [2.45, 2.75) is 24.4 Å². The molecule has 8 heteroatoms. The highest BCUT2D eigenvalue weighted by Gasteiger charge is 2.19. The van der Waals surface area contributed by atoms with Crippen molar-refractivity contribution in [2.75, 3.05) is 0 Å². The Labute approximate surface area is 229 Å². The lowest BCUT2D eigenvalue weighted by atomic mass is 10.0. The molecule has 7 nitrogen and oxygen atoms in total. The standard InChI is InChI=1S/C31H24N4O3S/c1-21(36)38-24-15-13-22(14-16-24)20-39-31-34-33-30(35(31)19-25-10-7-17-37-25)27-18-29(23-8-3-2-4-9-23)32-28-12-6-5-11-26(27)28/h2-18H,19-20H2,1H3. The monoisotopic (exact) mass is 532 g/mol. The number of thioether (sulfide) groups is 1. The third-order valence-corrected chi connectivity index (χ3v) is 7.23. The van der Waals surface area contributed by atoms with Gasteiger partial charge in [-0.05, 0) is 42.0 Å². The van der Waals surface area contributed by atoms with Crippen LogP contribution in [0.5, 0.6) is 5.75 Å². The first-order valence-corrected chi connectivity index (χ1v) is 13.4. The van der Waals surface area contributed by atoms with E-state index >= 15 is 0 Å². The number of aromatic nitrogens is 4. The average Bonchev–Trinajstić information content (AvgIpc) is 3.63. The number of para-hydroxylation sites is 1. The Hall–Kier alpha value is -4.69. The van der Waals surface area contributed by atoms with Crippen LogP contribution in [0.3, 0.4) is 0 Å². The van der Waals surface area contributed by atoms with Crippen molar-refractivity contribution < 1.29 is 13.9 Å². The number of fused-ring (bicyclic) bond motifs is 1. The van der Waals surface area contributed by atoms with Gasteiger partial charge in [0.2, 0.25) is 0 Å². The van der Waals surface area contributed by atoms with E-state index in [9.17, 15) is 4.79 Å². The zero-order valence-electron chi connectivity index (χ0n) is 21.2. The number of carbonyl (C=O) groups excluding carboxylic acids is 1. The summed E-state index contributed by atoms with van der Waals surface area (Å²) in [5.41, 5.74) is 4.83. The number of hydrogen-bond donors (Lipinski definition) is 0. The van der Waals surface area contributed by atoms with Crippen molar-refractivity contribution in [3.63, 3.8) is 0 Å². The Kier molecular flexibility index (Phi) is 6.93. The highest BCUT2D eigenvalue weighted by molar-refractivity contribution is 7.98. The van der Waals surface area contributed by atoms with Gasteiger partial charge in [-0.15, -0.1) is 10.2 Å². The molecule has 0 radical (unpaired) electrons. The second kappa shape index (κ2) is 11.0. The Morgan fingerprint density at radius 1 is 0.923 bits per heavy atom. The van der Waals surface area contributed by atoms with Gasteiger partial charge >= 0.3 is 5.97 Å². The van der Waals surface area contributed by atoms with Crippen LogP contribution in [-0.2, 0) is 17.1 Å². The Morgan fingerprint density at radius 2 is 1.72 bits per heavy atom. The molecule has 0 aliphatic heterocycles. The number of benzene rings is 3. The molecule has 6 rings (SSSR count). The summed E-state index contributed by atoms with van der Waals surface area (Å²) in [6.07, 6.45) is 1.67. The van der Waals surface area contributed by atoms with E-state index in [1.54, 1.807) is 30.2 Å². The van der Waals surface area contributed by atoms with Crippen molar-refractivity contribution in [2.24, 2.45) is 0 Å². The maximum absolute atomic E-state index is 11.2. The lowest BCUT2D eigenvalue weighted by molar-refractivity contribution is -0.131. The predicted octanol–water partition coefficient (Wildman–Crippen LogP) is 7.02. The quantitative estimate of drug-likeness (QED) is 0.118. The summed E-state index contributed by atoms with van der Waals surface area (Å²) >= 11 is 1.59. The molecular formula is C31H24N4O3S. The fourth-order valence-corrected chi connectivity index (χ4v) is 5.27. The first kappa shape index (κ1) is 24.6. The molecule has 3 aromatic heterocycles. The predicted molar refractivity (Wildman–Crippen MR) is 151 cm³/mol. The average molecular weight is 533 g/mol. The molecule has 0 aliphatic carbocycles. The second-order valence-corrected chi connectivity index (χ2v) is 9.88. The van der Waals surface area contributed by atoms with Crippen molar-refractivity contribution in [3.05, 3.63) is 115 Å². The summed E-state index contributed by atoms with van der Waals surface area (Å²) in [5.74, 6) is 2.41. The molecule has 0 amide bonds. The molecule has 0 saturated heterocycles. The molecule has 39 heavy (non-hydrogen) atoms. The first-order valence-electron chi connectivity index (χ1n) is 12.5. The van der Waals surface area contributed by atoms with Crippen LogP contribution < -0.4 is 4.74 Å². The van der Waals surface area contributed by atoms with Gasteiger partial charge in [-0.1, -0.05) is 72.4 Å². The summed E-state index contributed by atoms with van der Waals surface area (Å²) < 4.78 is 12.9. The molecule has 192 valence electrons. The van der Waals surface area contributed by atoms with Gasteiger partial charge in [0.1, 0.15) is 11.5 Å². The summed E-state index contributed by atoms with van der Waals surface area (Å²) in [7, 11) is 0. The van der Waals surface area contributed by atoms with E-state index in [0.29, 0.717) is 18.0 Å². The number of rotatable bonds is 8. The number of nitrogens with zero attached hydrogens (tertiary/aromatic N) is 4. The molecule has 0 saturated carbocycles. The number of furan rings is 1. The van der Waals surface area contributed by atoms with E-state index in [0.717, 1.165) is 50.0 Å². The Balaban J connectivity index is 1.40. The van der Waals surface area contributed by atoms with Crippen molar-refractivity contribution in [3.8, 4) is 28.4 Å². The van der Waals surface area contributed by atoms with Crippen molar-refractivity contribution >= 4 is 28.6 Å². The molecule has 0 unspecified atom stereocenters. The third-order valence-electron chi connectivity index (χ3n) is 6.19. The summed E-state index contributed by atoms with van der Waals surface area (Å²) in [6.45, 7) is 1.88. The van der Waals surface area contributed by atoms with Crippen LogP contribution in [0.25, 0.3) is 33.5 Å². The maximum atomic E-state index is 11.2. The molecular weight excluding hydrogens is 508 g/mol. The zero-order chi connectivity index (χ0) is 26.6. The highest BCUT2D eigenvalue weighted by Crippen LogP contribution is 2.34. The van der Waals surface area contributed by atoms with Crippen LogP contribution in [0, 0.1) is 0 Å². The largest absolute Gasteiger partial charge is 0.467 e. The third kappa shape index (κ3) is 5.46. The molecule has 0 bridgehead atoms. The smallest absolute Gasteiger partial charge is 0.308 e. The molecule has 0 spiro atoms. The van der Waals surface area contributed by atoms with Gasteiger partial charge in [-0.25, -0.2) is 4.98 Å². The van der Waals surface area contributed by atoms with Crippen LogP contribution in [-0.4, -0.2) is 25.7 Å². The molecule has 0 atom stereocenters. The summed E-state index contributed by atoms with van der Waals surface area (Å²) in [4.78, 5) is 16.2. The van der Waals surface area contributed by atoms with Gasteiger partial charge in [0.05, 0.1) is 24.0 Å². The van der Waals surface area contributed by atoms with Crippen LogP contribution >= 0.6 is 11.8 Å². The van der Waals surface area contributed by atoms with Gasteiger partial charge < -0.3 is 9.15 Å². The Morgan fingerprint density at radius 3 is 2.49 bits per heavy atom. The SMILES string of the molecule is CC(=O)Oc1ccc(CSc2nnc(-c3cc(-c4ccccc4)nc4ccccc34)n2Cc2ccco2)cc1. The van der Waals surface area contributed by atoms with Crippen LogP contribution in [0.4, 0.5) is 0 Å². The van der Waals surface area contributed by atoms with E-state index in [1.165, 1.54) is 6.92 Å². The maximum Gasteiger partial charge on any atom is 0.308 e. The van der Waals surface area contributed by atoms with Crippen molar-refractivity contribution in [1.29, 1.82) is 0 Å². The fraction of sp³-hybridized carbons (Fsp3) is 0.0968. The van der Waals surface area contributed by atoms with E-state index in [2.05, 4.69) is 39.0 Å². The van der Waals surface area contributed by atoms with Gasteiger partial charge in [-0.2, -0.15) is 0 Å². The molecule has 0 N–H and O–H groups in total. The minimum Gasteiger partial charge on any atom is -0.467 e. The minimum absolute atomic E-state index is 0.338. The molecule has 3 aromatic carbocycles. The second-order valence-electron chi connectivity index (χ2n) is 8.94. The number of esters is 1. The van der Waals surface area contributed by atoms with E-state index in [4.69, 9.17) is 14.1 Å². The zero-order valence-corrected chi connectivity index (χ0v) is 22.0. The summed E-state index contributed by atoms with van der Waals surface area (Å²) in [6, 6.07) is 31.6. The van der Waals surface area contributed by atoms with Crippen molar-refractivity contribution in [1.82, 2.24) is 19.7 Å². The number of hydrogen-bond acceptors (Lipinski definition) is 7. The molecule has 6 aromatic rings. The van der Waals surface area contributed by atoms with Crippen LogP contribution in [0.2, 0.25) is 0 Å². The fourth-order valence-electron chi connectivity index (χ4n) is 4.38. The van der Waals surface area contributed by atoms with Gasteiger partial charge in [-0.3, -0.25) is 9.36 Å². The highest BCUT2D eigenvalue weighted by atomic mass is 32.2. The van der Waals surface area contributed by atoms with E-state index in [1.807, 2.05) is 60.7 Å². The Bertz CT molecular complexity index is 1730.